The number of anilines is 1. The number of nitriles is 2. The van der Waals surface area contributed by atoms with Crippen molar-refractivity contribution >= 4 is 5.69 Å². The van der Waals surface area contributed by atoms with E-state index in [1.165, 1.54) is 17.0 Å². The first-order valence-electron chi connectivity index (χ1n) is 7.97. The second kappa shape index (κ2) is 6.55. The predicted molar refractivity (Wildman–Crippen MR) is 91.2 cm³/mol. The molecule has 0 bridgehead atoms. The maximum Gasteiger partial charge on any atom is 0.132 e. The van der Waals surface area contributed by atoms with Crippen LogP contribution in [0.25, 0.3) is 0 Å². The van der Waals surface area contributed by atoms with Gasteiger partial charge in [0.2, 0.25) is 0 Å². The second-order valence-corrected chi connectivity index (χ2v) is 6.07. The third-order valence-corrected chi connectivity index (χ3v) is 4.78. The van der Waals surface area contributed by atoms with Crippen molar-refractivity contribution in [3.63, 3.8) is 0 Å². The molecule has 2 aliphatic rings. The lowest BCUT2D eigenvalue weighted by Crippen LogP contribution is -2.22. The number of rotatable bonds is 2. The first kappa shape index (κ1) is 15.1. The molecule has 1 aromatic carbocycles. The average molecular weight is 301 g/mol. The Morgan fingerprint density at radius 3 is 2.43 bits per heavy atom. The van der Waals surface area contributed by atoms with Crippen LogP contribution < -0.4 is 4.90 Å². The summed E-state index contributed by atoms with van der Waals surface area (Å²) >= 11 is 0. The summed E-state index contributed by atoms with van der Waals surface area (Å²) in [4.78, 5) is 2.23. The van der Waals surface area contributed by atoms with Crippen LogP contribution in [0.4, 0.5) is 5.69 Å². The molecule has 3 heteroatoms. The van der Waals surface area contributed by atoms with Crippen molar-refractivity contribution in [3.8, 4) is 12.1 Å². The summed E-state index contributed by atoms with van der Waals surface area (Å²) in [6.07, 6.45) is 8.38. The van der Waals surface area contributed by atoms with Crippen LogP contribution >= 0.6 is 0 Å². The minimum Gasteiger partial charge on any atom is -0.348 e. The Morgan fingerprint density at radius 2 is 1.74 bits per heavy atom. The van der Waals surface area contributed by atoms with Crippen LogP contribution in [-0.2, 0) is 0 Å². The molecule has 1 aromatic rings. The number of nitrogens with zero attached hydrogens (tertiary/aromatic N) is 3. The van der Waals surface area contributed by atoms with Gasteiger partial charge in [-0.1, -0.05) is 24.3 Å². The number of benzene rings is 1. The molecule has 0 heterocycles. The summed E-state index contributed by atoms with van der Waals surface area (Å²) in [5.74, 6) is 0.560. The van der Waals surface area contributed by atoms with E-state index in [-0.39, 0.29) is 5.57 Å². The van der Waals surface area contributed by atoms with Gasteiger partial charge in [-0.25, -0.2) is 0 Å². The summed E-state index contributed by atoms with van der Waals surface area (Å²) in [5.41, 5.74) is 4.88. The molecular weight excluding hydrogens is 282 g/mol. The number of hydrogen-bond donors (Lipinski definition) is 0. The van der Waals surface area contributed by atoms with E-state index < -0.39 is 0 Å². The van der Waals surface area contributed by atoms with E-state index in [0.29, 0.717) is 5.92 Å². The number of para-hydroxylation sites is 1. The van der Waals surface area contributed by atoms with Crippen LogP contribution in [0.5, 0.6) is 0 Å². The van der Waals surface area contributed by atoms with Crippen molar-refractivity contribution in [2.45, 2.75) is 25.7 Å². The third-order valence-electron chi connectivity index (χ3n) is 4.78. The average Bonchev–Trinajstić information content (AvgIpc) is 2.62. The van der Waals surface area contributed by atoms with E-state index in [2.05, 4.69) is 36.2 Å². The molecular formula is C20H19N3. The fourth-order valence-corrected chi connectivity index (χ4v) is 3.39. The van der Waals surface area contributed by atoms with Crippen molar-refractivity contribution in [2.75, 3.05) is 11.9 Å². The van der Waals surface area contributed by atoms with Crippen LogP contribution in [0.1, 0.15) is 25.7 Å². The summed E-state index contributed by atoms with van der Waals surface area (Å²) < 4.78 is 0. The Kier molecular flexibility index (Phi) is 4.31. The van der Waals surface area contributed by atoms with Gasteiger partial charge in [0.15, 0.2) is 0 Å². The standard InChI is InChI=1S/C20H19N3/c1-23(19-5-3-2-4-6-19)20-10-9-15-7-8-16(11-17(15)12-20)18(13-21)14-22/h2-6,11-12,15H,7-10H2,1H3. The molecule has 0 spiro atoms. The van der Waals surface area contributed by atoms with Crippen molar-refractivity contribution in [1.29, 1.82) is 10.5 Å². The van der Waals surface area contributed by atoms with Gasteiger partial charge in [-0.3, -0.25) is 0 Å². The first-order valence-corrected chi connectivity index (χ1v) is 7.97. The van der Waals surface area contributed by atoms with Crippen LogP contribution in [0, 0.1) is 28.6 Å². The molecule has 0 N–H and O–H groups in total. The molecule has 114 valence electrons. The van der Waals surface area contributed by atoms with Gasteiger partial charge in [-0.15, -0.1) is 0 Å². The maximum absolute atomic E-state index is 9.08. The molecule has 0 aromatic heterocycles. The summed E-state index contributed by atoms with van der Waals surface area (Å²) in [5, 5.41) is 18.2. The molecule has 0 saturated carbocycles. The van der Waals surface area contributed by atoms with Gasteiger partial charge in [0, 0.05) is 18.4 Å². The molecule has 0 radical (unpaired) electrons. The highest BCUT2D eigenvalue weighted by atomic mass is 15.1. The van der Waals surface area contributed by atoms with E-state index in [4.69, 9.17) is 10.5 Å². The molecule has 1 unspecified atom stereocenters. The quantitative estimate of drug-likeness (QED) is 0.757. The molecule has 0 aliphatic heterocycles. The van der Waals surface area contributed by atoms with E-state index in [1.54, 1.807) is 0 Å². The Morgan fingerprint density at radius 1 is 1.04 bits per heavy atom. The van der Waals surface area contributed by atoms with Gasteiger partial charge in [-0.05, 0) is 61.0 Å². The van der Waals surface area contributed by atoms with E-state index in [1.807, 2.05) is 30.3 Å². The first-order chi connectivity index (χ1) is 11.2. The van der Waals surface area contributed by atoms with Gasteiger partial charge in [-0.2, -0.15) is 10.5 Å². The monoisotopic (exact) mass is 301 g/mol. The molecule has 0 amide bonds. The largest absolute Gasteiger partial charge is 0.348 e. The lowest BCUT2D eigenvalue weighted by Gasteiger charge is -2.32. The van der Waals surface area contributed by atoms with Gasteiger partial charge < -0.3 is 4.90 Å². The zero-order valence-electron chi connectivity index (χ0n) is 13.3. The van der Waals surface area contributed by atoms with Crippen LogP contribution in [0.3, 0.4) is 0 Å². The van der Waals surface area contributed by atoms with Gasteiger partial charge in [0.1, 0.15) is 17.7 Å². The Labute approximate surface area is 137 Å². The van der Waals surface area contributed by atoms with Gasteiger partial charge in [0.25, 0.3) is 0 Å². The lowest BCUT2D eigenvalue weighted by molar-refractivity contribution is 0.495. The second-order valence-electron chi connectivity index (χ2n) is 6.07. The zero-order valence-corrected chi connectivity index (χ0v) is 13.3. The Bertz CT molecular complexity index is 753. The number of fused-ring (bicyclic) bond motifs is 1. The van der Waals surface area contributed by atoms with Crippen molar-refractivity contribution in [3.05, 3.63) is 64.9 Å². The molecule has 0 fully saturated rings. The Hall–Kier alpha value is -2.78. The van der Waals surface area contributed by atoms with Gasteiger partial charge in [0.05, 0.1) is 0 Å². The highest BCUT2D eigenvalue weighted by Gasteiger charge is 2.25. The SMILES string of the molecule is CN(C1=CC2=CC(=C(C#N)C#N)CCC2CC1)c1ccccc1. The zero-order chi connectivity index (χ0) is 16.2. The predicted octanol–water partition coefficient (Wildman–Crippen LogP) is 4.48. The fraction of sp³-hybridized carbons (Fsp3) is 0.300. The molecule has 2 aliphatic carbocycles. The van der Waals surface area contributed by atoms with Crippen LogP contribution in [0.2, 0.25) is 0 Å². The van der Waals surface area contributed by atoms with E-state index in [0.717, 1.165) is 31.3 Å². The highest BCUT2D eigenvalue weighted by Crippen LogP contribution is 2.39. The molecule has 1 atom stereocenters. The fourth-order valence-electron chi connectivity index (χ4n) is 3.39. The van der Waals surface area contributed by atoms with Crippen molar-refractivity contribution in [2.24, 2.45) is 5.92 Å². The van der Waals surface area contributed by atoms with Crippen molar-refractivity contribution < 1.29 is 0 Å². The summed E-state index contributed by atoms with van der Waals surface area (Å²) in [7, 11) is 2.09. The molecule has 3 rings (SSSR count). The topological polar surface area (TPSA) is 50.8 Å². The van der Waals surface area contributed by atoms with Crippen LogP contribution in [-0.4, -0.2) is 7.05 Å². The minimum atomic E-state index is 0.257. The number of allylic oxidation sites excluding steroid dienone is 6. The third kappa shape index (κ3) is 3.05. The molecule has 0 saturated heterocycles. The lowest BCUT2D eigenvalue weighted by atomic mass is 9.77. The summed E-state index contributed by atoms with van der Waals surface area (Å²) in [6, 6.07) is 14.4. The van der Waals surface area contributed by atoms with E-state index >= 15 is 0 Å². The normalized spacial score (nSPS) is 19.6. The minimum absolute atomic E-state index is 0.257. The van der Waals surface area contributed by atoms with Crippen molar-refractivity contribution in [1.82, 2.24) is 0 Å². The molecule has 3 nitrogen and oxygen atoms in total. The maximum atomic E-state index is 9.08. The highest BCUT2D eigenvalue weighted by molar-refractivity contribution is 5.55. The Balaban J connectivity index is 1.94. The molecule has 23 heavy (non-hydrogen) atoms. The number of hydrogen-bond acceptors (Lipinski definition) is 3. The van der Waals surface area contributed by atoms with Gasteiger partial charge >= 0.3 is 0 Å². The smallest absolute Gasteiger partial charge is 0.132 e. The summed E-state index contributed by atoms with van der Waals surface area (Å²) in [6.45, 7) is 0. The van der Waals surface area contributed by atoms with Crippen LogP contribution in [0.15, 0.2) is 64.9 Å². The van der Waals surface area contributed by atoms with E-state index in [9.17, 15) is 0 Å².